The van der Waals surface area contributed by atoms with Gasteiger partial charge in [-0.15, -0.1) is 10.2 Å². The molecule has 1 aromatic heterocycles. The average molecular weight is 424 g/mol. The van der Waals surface area contributed by atoms with Gasteiger partial charge in [0.1, 0.15) is 0 Å². The Labute approximate surface area is 180 Å². The van der Waals surface area contributed by atoms with E-state index in [1.54, 1.807) is 10.6 Å². The standard InChI is InChI=1S/C22H25N5O2S/c1-15-9-7-8-12-18(15)21(29)23-13-19-25-26-22(27(19)3)30-14-20(28)24-16(2)17-10-5-4-6-11-17/h4-12,16H,13-14H2,1-3H3,(H,23,29)(H,24,28)/t16-/m0/s1. The second kappa shape index (κ2) is 10.1. The van der Waals surface area contributed by atoms with Crippen LogP contribution in [0, 0.1) is 6.92 Å². The van der Waals surface area contributed by atoms with Gasteiger partial charge >= 0.3 is 0 Å². The number of hydrogen-bond acceptors (Lipinski definition) is 5. The quantitative estimate of drug-likeness (QED) is 0.544. The van der Waals surface area contributed by atoms with Crippen LogP contribution in [-0.4, -0.2) is 32.3 Å². The fourth-order valence-corrected chi connectivity index (χ4v) is 3.69. The van der Waals surface area contributed by atoms with Gasteiger partial charge in [0.25, 0.3) is 5.91 Å². The molecular weight excluding hydrogens is 398 g/mol. The van der Waals surface area contributed by atoms with Gasteiger partial charge in [0.15, 0.2) is 11.0 Å². The first-order valence-corrected chi connectivity index (χ1v) is 10.6. The van der Waals surface area contributed by atoms with E-state index in [4.69, 9.17) is 0 Å². The molecule has 1 atom stereocenters. The van der Waals surface area contributed by atoms with Crippen molar-refractivity contribution in [2.75, 3.05) is 5.75 Å². The molecule has 2 aromatic carbocycles. The summed E-state index contributed by atoms with van der Waals surface area (Å²) in [7, 11) is 1.82. The van der Waals surface area contributed by atoms with Crippen molar-refractivity contribution >= 4 is 23.6 Å². The number of aromatic nitrogens is 3. The normalized spacial score (nSPS) is 11.7. The molecule has 3 rings (SSSR count). The number of thioether (sulfide) groups is 1. The van der Waals surface area contributed by atoms with Gasteiger partial charge in [0, 0.05) is 12.6 Å². The minimum Gasteiger partial charge on any atom is -0.349 e. The molecule has 0 spiro atoms. The zero-order chi connectivity index (χ0) is 21.5. The van der Waals surface area contributed by atoms with Gasteiger partial charge in [-0.05, 0) is 31.0 Å². The summed E-state index contributed by atoms with van der Waals surface area (Å²) in [5.41, 5.74) is 2.61. The highest BCUT2D eigenvalue weighted by Gasteiger charge is 2.15. The summed E-state index contributed by atoms with van der Waals surface area (Å²) in [5, 5.41) is 14.7. The fourth-order valence-electron chi connectivity index (χ4n) is 2.95. The third kappa shape index (κ3) is 5.48. The van der Waals surface area contributed by atoms with Crippen molar-refractivity contribution in [3.8, 4) is 0 Å². The SMILES string of the molecule is Cc1ccccc1C(=O)NCc1nnc(SCC(=O)N[C@@H](C)c2ccccc2)n1C. The van der Waals surface area contributed by atoms with Crippen LogP contribution in [0.1, 0.15) is 40.3 Å². The Morgan fingerprint density at radius 2 is 1.77 bits per heavy atom. The number of nitrogens with zero attached hydrogens (tertiary/aromatic N) is 3. The van der Waals surface area contributed by atoms with Crippen LogP contribution in [0.5, 0.6) is 0 Å². The molecule has 0 aliphatic heterocycles. The monoisotopic (exact) mass is 423 g/mol. The van der Waals surface area contributed by atoms with E-state index < -0.39 is 0 Å². The van der Waals surface area contributed by atoms with Crippen LogP contribution >= 0.6 is 11.8 Å². The number of carbonyl (C=O) groups is 2. The summed E-state index contributed by atoms with van der Waals surface area (Å²) in [4.78, 5) is 24.6. The molecule has 0 aliphatic rings. The Hall–Kier alpha value is -3.13. The van der Waals surface area contributed by atoms with Crippen LogP contribution in [0.25, 0.3) is 0 Å². The predicted molar refractivity (Wildman–Crippen MR) is 117 cm³/mol. The van der Waals surface area contributed by atoms with Crippen molar-refractivity contribution in [2.45, 2.75) is 31.6 Å². The van der Waals surface area contributed by atoms with Gasteiger partial charge in [0.05, 0.1) is 18.3 Å². The van der Waals surface area contributed by atoms with E-state index in [1.807, 2.05) is 69.4 Å². The topological polar surface area (TPSA) is 88.9 Å². The number of nitrogens with one attached hydrogen (secondary N) is 2. The molecule has 156 valence electrons. The van der Waals surface area contributed by atoms with E-state index in [0.29, 0.717) is 16.5 Å². The van der Waals surface area contributed by atoms with E-state index in [0.717, 1.165) is 11.1 Å². The van der Waals surface area contributed by atoms with Gasteiger partial charge in [0.2, 0.25) is 5.91 Å². The maximum Gasteiger partial charge on any atom is 0.251 e. The lowest BCUT2D eigenvalue weighted by molar-refractivity contribution is -0.119. The largest absolute Gasteiger partial charge is 0.349 e. The summed E-state index contributed by atoms with van der Waals surface area (Å²) in [6, 6.07) is 17.2. The van der Waals surface area contributed by atoms with Crippen LogP contribution in [0.3, 0.4) is 0 Å². The molecule has 7 nitrogen and oxygen atoms in total. The minimum atomic E-state index is -0.153. The maximum absolute atomic E-state index is 12.4. The first-order valence-electron chi connectivity index (χ1n) is 9.65. The zero-order valence-electron chi connectivity index (χ0n) is 17.3. The predicted octanol–water partition coefficient (Wildman–Crippen LogP) is 3.02. The van der Waals surface area contributed by atoms with Crippen LogP contribution in [-0.2, 0) is 18.4 Å². The number of hydrogen-bond donors (Lipinski definition) is 2. The fraction of sp³-hybridized carbons (Fsp3) is 0.273. The minimum absolute atomic E-state index is 0.0639. The smallest absolute Gasteiger partial charge is 0.251 e. The first-order chi connectivity index (χ1) is 14.5. The third-order valence-electron chi connectivity index (χ3n) is 4.73. The Kier molecular flexibility index (Phi) is 7.24. The molecule has 1 heterocycles. The number of benzene rings is 2. The molecule has 8 heteroatoms. The van der Waals surface area contributed by atoms with Gasteiger partial charge < -0.3 is 15.2 Å². The van der Waals surface area contributed by atoms with Crippen molar-refractivity contribution in [1.82, 2.24) is 25.4 Å². The van der Waals surface area contributed by atoms with E-state index >= 15 is 0 Å². The molecule has 0 radical (unpaired) electrons. The molecule has 0 saturated carbocycles. The number of amides is 2. The molecule has 0 fully saturated rings. The lowest BCUT2D eigenvalue weighted by Crippen LogP contribution is -2.28. The number of aryl methyl sites for hydroxylation is 1. The van der Waals surface area contributed by atoms with E-state index in [2.05, 4.69) is 20.8 Å². The van der Waals surface area contributed by atoms with Gasteiger partial charge in [-0.25, -0.2) is 0 Å². The molecule has 0 bridgehead atoms. The molecule has 0 aliphatic carbocycles. The van der Waals surface area contributed by atoms with Crippen molar-refractivity contribution in [2.24, 2.45) is 7.05 Å². The Bertz CT molecular complexity index is 1020. The second-order valence-corrected chi connectivity index (χ2v) is 7.89. The lowest BCUT2D eigenvalue weighted by atomic mass is 10.1. The van der Waals surface area contributed by atoms with Crippen LogP contribution in [0.2, 0.25) is 0 Å². The summed E-state index contributed by atoms with van der Waals surface area (Å²) in [6.45, 7) is 4.11. The Morgan fingerprint density at radius 3 is 2.50 bits per heavy atom. The van der Waals surface area contributed by atoms with E-state index in [-0.39, 0.29) is 30.2 Å². The van der Waals surface area contributed by atoms with Crippen molar-refractivity contribution in [1.29, 1.82) is 0 Å². The third-order valence-corrected chi connectivity index (χ3v) is 5.75. The molecule has 3 aromatic rings. The van der Waals surface area contributed by atoms with Crippen LogP contribution in [0.15, 0.2) is 59.8 Å². The van der Waals surface area contributed by atoms with Crippen molar-refractivity contribution in [3.05, 3.63) is 77.1 Å². The van der Waals surface area contributed by atoms with Crippen molar-refractivity contribution in [3.63, 3.8) is 0 Å². The average Bonchev–Trinajstić information content (AvgIpc) is 3.11. The second-order valence-electron chi connectivity index (χ2n) is 6.94. The van der Waals surface area contributed by atoms with Gasteiger partial charge in [-0.3, -0.25) is 9.59 Å². The first kappa shape index (κ1) is 21.6. The van der Waals surface area contributed by atoms with E-state index in [9.17, 15) is 9.59 Å². The number of carbonyl (C=O) groups excluding carboxylic acids is 2. The summed E-state index contributed by atoms with van der Waals surface area (Å²) in [5.74, 6) is 0.629. The highest BCUT2D eigenvalue weighted by molar-refractivity contribution is 7.99. The molecular formula is C22H25N5O2S. The Morgan fingerprint density at radius 1 is 1.07 bits per heavy atom. The van der Waals surface area contributed by atoms with Gasteiger partial charge in [-0.2, -0.15) is 0 Å². The van der Waals surface area contributed by atoms with Gasteiger partial charge in [-0.1, -0.05) is 60.3 Å². The van der Waals surface area contributed by atoms with E-state index in [1.165, 1.54) is 11.8 Å². The number of rotatable bonds is 8. The summed E-state index contributed by atoms with van der Waals surface area (Å²) in [6.07, 6.45) is 0. The zero-order valence-corrected chi connectivity index (χ0v) is 18.1. The highest BCUT2D eigenvalue weighted by atomic mass is 32.2. The highest BCUT2D eigenvalue weighted by Crippen LogP contribution is 2.17. The molecule has 0 saturated heterocycles. The molecule has 2 amide bonds. The van der Waals surface area contributed by atoms with Crippen molar-refractivity contribution < 1.29 is 9.59 Å². The maximum atomic E-state index is 12.4. The lowest BCUT2D eigenvalue weighted by Gasteiger charge is -2.14. The summed E-state index contributed by atoms with van der Waals surface area (Å²) >= 11 is 1.31. The molecule has 2 N–H and O–H groups in total. The van der Waals surface area contributed by atoms with Crippen LogP contribution in [0.4, 0.5) is 0 Å². The molecule has 0 unspecified atom stereocenters. The van der Waals surface area contributed by atoms with Crippen LogP contribution < -0.4 is 10.6 Å². The Balaban J connectivity index is 1.51. The molecule has 30 heavy (non-hydrogen) atoms. The summed E-state index contributed by atoms with van der Waals surface area (Å²) < 4.78 is 1.79.